The van der Waals surface area contributed by atoms with Crippen molar-refractivity contribution in [3.05, 3.63) is 105 Å². The van der Waals surface area contributed by atoms with Crippen LogP contribution in [-0.2, 0) is 16.1 Å². The van der Waals surface area contributed by atoms with Crippen LogP contribution in [0.1, 0.15) is 18.8 Å². The molecule has 2 aromatic carbocycles. The van der Waals surface area contributed by atoms with E-state index in [1.165, 1.54) is 12.7 Å². The molecule has 2 aliphatic heterocycles. The molecule has 340 valence electrons. The first-order valence-electron chi connectivity index (χ1n) is 19.7. The van der Waals surface area contributed by atoms with Crippen LogP contribution >= 0.6 is 58.0 Å². The minimum atomic E-state index is -0.00463. The van der Waals surface area contributed by atoms with Gasteiger partial charge in [0.1, 0.15) is 48.0 Å². The van der Waals surface area contributed by atoms with Gasteiger partial charge >= 0.3 is 0 Å². The fraction of sp³-hybridized carbons (Fsp3) is 0.349. The third kappa shape index (κ3) is 12.2. The van der Waals surface area contributed by atoms with E-state index in [0.717, 1.165) is 54.6 Å². The third-order valence-electron chi connectivity index (χ3n) is 10.3. The lowest BCUT2D eigenvalue weighted by Crippen LogP contribution is -2.49. The van der Waals surface area contributed by atoms with Crippen LogP contribution in [0.2, 0.25) is 20.1 Å². The van der Waals surface area contributed by atoms with Gasteiger partial charge in [0.25, 0.3) is 0 Å². The first-order chi connectivity index (χ1) is 30.4. The number of piperazine rings is 2. The highest BCUT2D eigenvalue weighted by Gasteiger charge is 2.25. The zero-order chi connectivity index (χ0) is 45.0. The molecule has 21 heteroatoms. The summed E-state index contributed by atoms with van der Waals surface area (Å²) in [4.78, 5) is 48.4. The topological polar surface area (TPSA) is 164 Å². The Kier molecular flexibility index (Phi) is 18.2. The van der Waals surface area contributed by atoms with Crippen molar-refractivity contribution in [3.63, 3.8) is 0 Å². The number of benzene rings is 2. The Balaban J connectivity index is 0.000000198. The van der Waals surface area contributed by atoms with Gasteiger partial charge in [-0.05, 0) is 50.2 Å². The lowest BCUT2D eigenvalue weighted by Gasteiger charge is -2.36. The number of ether oxygens (including phenoxy) is 2. The van der Waals surface area contributed by atoms with Gasteiger partial charge in [0.2, 0.25) is 11.8 Å². The molecule has 2 aliphatic rings. The fourth-order valence-electron chi connectivity index (χ4n) is 6.72. The number of hydrogen-bond donors (Lipinski definition) is 1. The summed E-state index contributed by atoms with van der Waals surface area (Å²) < 4.78 is 12.2. The summed E-state index contributed by atoms with van der Waals surface area (Å²) in [6, 6.07) is 14.9. The van der Waals surface area contributed by atoms with E-state index in [4.69, 9.17) is 67.5 Å². The summed E-state index contributed by atoms with van der Waals surface area (Å²) in [6.45, 7) is 9.48. The zero-order valence-electron chi connectivity index (χ0n) is 34.9. The SMILES string of the molecule is C.COc1cc(N2CCN(C(=O)CCl)CC2)ccc1Cl.COc1cc(N2CCN(C(=O)Cn3nc(-c4ccncn4)c(Cl)c3C)CC2)ccc1Cl.Cc1[nH]nc(-c2ccncn2)c1Cl. The number of anilines is 2. The average Bonchev–Trinajstić information content (AvgIpc) is 3.81. The number of nitrogens with one attached hydrogen (secondary N) is 1. The summed E-state index contributed by atoms with van der Waals surface area (Å²) in [5.41, 5.74) is 6.23. The fourth-order valence-corrected chi connectivity index (χ4v) is 7.69. The second-order valence-electron chi connectivity index (χ2n) is 14.1. The van der Waals surface area contributed by atoms with Crippen LogP contribution in [0, 0.1) is 13.8 Å². The number of aromatic nitrogens is 8. The van der Waals surface area contributed by atoms with Gasteiger partial charge < -0.3 is 29.1 Å². The van der Waals surface area contributed by atoms with Crippen LogP contribution in [0.3, 0.4) is 0 Å². The minimum Gasteiger partial charge on any atom is -0.495 e. The molecule has 6 aromatic rings. The largest absolute Gasteiger partial charge is 0.495 e. The summed E-state index contributed by atoms with van der Waals surface area (Å²) in [7, 11) is 3.20. The Morgan fingerprint density at radius 1 is 0.672 bits per heavy atom. The molecule has 0 bridgehead atoms. The van der Waals surface area contributed by atoms with Crippen molar-refractivity contribution < 1.29 is 19.1 Å². The molecule has 1 N–H and O–H groups in total. The molecule has 2 saturated heterocycles. The number of methoxy groups -OCH3 is 2. The maximum atomic E-state index is 12.9. The number of rotatable bonds is 9. The first-order valence-corrected chi connectivity index (χ1v) is 21.7. The molecule has 64 heavy (non-hydrogen) atoms. The highest BCUT2D eigenvalue weighted by Crippen LogP contribution is 2.32. The molecule has 16 nitrogen and oxygen atoms in total. The number of nitrogens with zero attached hydrogens (tertiary/aromatic N) is 11. The number of hydrogen-bond acceptors (Lipinski definition) is 12. The van der Waals surface area contributed by atoms with E-state index < -0.39 is 0 Å². The molecule has 0 spiro atoms. The molecular formula is C43H49Cl5N12O4. The van der Waals surface area contributed by atoms with E-state index in [2.05, 4.69) is 45.0 Å². The Bertz CT molecular complexity index is 2460. The number of carbonyl (C=O) groups excluding carboxylic acids is 2. The highest BCUT2D eigenvalue weighted by molar-refractivity contribution is 6.34. The van der Waals surface area contributed by atoms with Gasteiger partial charge in [-0.3, -0.25) is 19.4 Å². The number of aryl methyl sites for hydroxylation is 1. The van der Waals surface area contributed by atoms with Crippen LogP contribution in [0.15, 0.2) is 73.6 Å². The maximum Gasteiger partial charge on any atom is 0.244 e. The van der Waals surface area contributed by atoms with E-state index >= 15 is 0 Å². The average molecular weight is 975 g/mol. The maximum absolute atomic E-state index is 12.9. The second-order valence-corrected chi connectivity index (χ2v) is 16.0. The summed E-state index contributed by atoms with van der Waals surface area (Å²) in [5, 5.41) is 13.6. The summed E-state index contributed by atoms with van der Waals surface area (Å²) in [6.07, 6.45) is 6.20. The van der Waals surface area contributed by atoms with E-state index in [-0.39, 0.29) is 31.7 Å². The van der Waals surface area contributed by atoms with Gasteiger partial charge in [-0.15, -0.1) is 11.6 Å². The molecule has 0 atom stereocenters. The molecule has 0 unspecified atom stereocenters. The Hall–Kier alpha value is -5.39. The van der Waals surface area contributed by atoms with Crippen LogP contribution in [0.4, 0.5) is 11.4 Å². The van der Waals surface area contributed by atoms with Gasteiger partial charge in [-0.25, -0.2) is 19.9 Å². The number of amides is 2. The number of halogens is 5. The van der Waals surface area contributed by atoms with E-state index in [1.807, 2.05) is 55.1 Å². The molecule has 2 amide bonds. The molecule has 0 aliphatic carbocycles. The Morgan fingerprint density at radius 2 is 1.16 bits per heavy atom. The van der Waals surface area contributed by atoms with Crippen LogP contribution in [0.25, 0.3) is 22.8 Å². The normalized spacial score (nSPS) is 13.5. The van der Waals surface area contributed by atoms with Gasteiger partial charge in [0, 0.05) is 88.3 Å². The van der Waals surface area contributed by atoms with Gasteiger partial charge in [0.05, 0.1) is 57.1 Å². The highest BCUT2D eigenvalue weighted by atomic mass is 35.5. The molecule has 2 fully saturated rings. The van der Waals surface area contributed by atoms with Crippen molar-refractivity contribution in [3.8, 4) is 34.3 Å². The Labute approximate surface area is 397 Å². The Morgan fingerprint density at radius 3 is 1.58 bits per heavy atom. The predicted molar refractivity (Wildman–Crippen MR) is 253 cm³/mol. The predicted octanol–water partition coefficient (Wildman–Crippen LogP) is 8.01. The van der Waals surface area contributed by atoms with E-state index in [9.17, 15) is 9.59 Å². The molecule has 4 aromatic heterocycles. The van der Waals surface area contributed by atoms with Crippen LogP contribution in [0.5, 0.6) is 11.5 Å². The lowest BCUT2D eigenvalue weighted by molar-refractivity contribution is -0.132. The third-order valence-corrected chi connectivity index (χ3v) is 12.1. The lowest BCUT2D eigenvalue weighted by atomic mass is 10.2. The van der Waals surface area contributed by atoms with Crippen molar-refractivity contribution in [1.29, 1.82) is 0 Å². The van der Waals surface area contributed by atoms with E-state index in [1.54, 1.807) is 48.3 Å². The standard InChI is InChI=1S/C21H22Cl2N6O2.C13H16Cl2N2O2.C8H7ClN4.CH4/c1-14-20(23)21(17-5-6-24-13-25-17)26-29(14)12-19(30)28-9-7-27(8-10-28)15-3-4-16(22)18(11-15)31-2;1-19-12-8-10(2-3-11(12)15)16-4-6-17(7-5-16)13(18)9-14;1-5-7(9)8(13-12-5)6-2-3-10-4-11-6;/h3-6,11,13H,7-10,12H2,1-2H3;2-3,8H,4-7,9H2,1H3;2-4H,1H3,(H,12,13);1H4. The number of H-pyrrole nitrogens is 1. The van der Waals surface area contributed by atoms with E-state index in [0.29, 0.717) is 74.9 Å². The summed E-state index contributed by atoms with van der Waals surface area (Å²) >= 11 is 30.1. The van der Waals surface area contributed by atoms with Crippen molar-refractivity contribution in [1.82, 2.24) is 49.7 Å². The number of aromatic amines is 1. The van der Waals surface area contributed by atoms with Crippen molar-refractivity contribution in [2.24, 2.45) is 0 Å². The van der Waals surface area contributed by atoms with Gasteiger partial charge in [-0.1, -0.05) is 53.8 Å². The minimum absolute atomic E-state index is 0. The monoisotopic (exact) mass is 972 g/mol. The molecule has 0 radical (unpaired) electrons. The summed E-state index contributed by atoms with van der Waals surface area (Å²) in [5.74, 6) is 1.36. The molecular weight excluding hydrogens is 926 g/mol. The van der Waals surface area contributed by atoms with Crippen LogP contribution in [-0.4, -0.2) is 134 Å². The molecule has 8 rings (SSSR count). The zero-order valence-corrected chi connectivity index (χ0v) is 38.7. The smallest absolute Gasteiger partial charge is 0.244 e. The second kappa shape index (κ2) is 23.5. The van der Waals surface area contributed by atoms with Gasteiger partial charge in [-0.2, -0.15) is 10.2 Å². The van der Waals surface area contributed by atoms with Crippen molar-refractivity contribution in [2.75, 3.05) is 82.3 Å². The van der Waals surface area contributed by atoms with Crippen molar-refractivity contribution >= 4 is 81.2 Å². The van der Waals surface area contributed by atoms with Crippen LogP contribution < -0.4 is 19.3 Å². The quantitative estimate of drug-likeness (QED) is 0.139. The molecule has 0 saturated carbocycles. The van der Waals surface area contributed by atoms with Crippen molar-refractivity contribution in [2.45, 2.75) is 27.8 Å². The molecule has 6 heterocycles. The first kappa shape index (κ1) is 49.6. The number of carbonyl (C=O) groups is 2. The van der Waals surface area contributed by atoms with Gasteiger partial charge in [0.15, 0.2) is 0 Å². The number of alkyl halides is 1.